The number of anilines is 1. The van der Waals surface area contributed by atoms with Crippen LogP contribution in [0.5, 0.6) is 11.5 Å². The zero-order valence-corrected chi connectivity index (χ0v) is 20.5. The third-order valence-corrected chi connectivity index (χ3v) is 6.55. The molecule has 1 heterocycles. The van der Waals surface area contributed by atoms with Gasteiger partial charge in [0.25, 0.3) is 0 Å². The lowest BCUT2D eigenvalue weighted by molar-refractivity contribution is -0.119. The highest BCUT2D eigenvalue weighted by Gasteiger charge is 2.35. The first kappa shape index (κ1) is 23.0. The summed E-state index contributed by atoms with van der Waals surface area (Å²) in [4.78, 5) is 27.4. The van der Waals surface area contributed by atoms with E-state index in [0.717, 1.165) is 40.4 Å². The van der Waals surface area contributed by atoms with E-state index in [9.17, 15) is 9.59 Å². The number of nitrogens with zero attached hydrogens (tertiary/aromatic N) is 1. The number of carbonyl (C=O) groups is 2. The van der Waals surface area contributed by atoms with Gasteiger partial charge < -0.3 is 19.1 Å². The summed E-state index contributed by atoms with van der Waals surface area (Å²) in [5.41, 5.74) is 2.65. The highest BCUT2D eigenvalue weighted by molar-refractivity contribution is 6.06. The van der Waals surface area contributed by atoms with Crippen molar-refractivity contribution in [2.75, 3.05) is 19.1 Å². The Balaban J connectivity index is 1.59. The molecule has 1 saturated carbocycles. The van der Waals surface area contributed by atoms with Crippen LogP contribution in [0.25, 0.3) is 16.8 Å². The molecule has 35 heavy (non-hydrogen) atoms. The Hall–Kier alpha value is -3.80. The summed E-state index contributed by atoms with van der Waals surface area (Å²) in [6, 6.07) is 15.2. The first-order chi connectivity index (χ1) is 16.8. The van der Waals surface area contributed by atoms with Crippen molar-refractivity contribution in [2.45, 2.75) is 38.8 Å². The van der Waals surface area contributed by atoms with Crippen LogP contribution in [0.1, 0.15) is 48.2 Å². The van der Waals surface area contributed by atoms with Crippen molar-refractivity contribution < 1.29 is 23.8 Å². The van der Waals surface area contributed by atoms with Crippen molar-refractivity contribution in [3.63, 3.8) is 0 Å². The molecule has 0 bridgehead atoms. The molecule has 1 aliphatic carbocycles. The topological polar surface area (TPSA) is 65.1 Å². The molecule has 0 atom stereocenters. The molecule has 3 aromatic carbocycles. The summed E-state index contributed by atoms with van der Waals surface area (Å²) in [6.45, 7) is 4.34. The summed E-state index contributed by atoms with van der Waals surface area (Å²) in [5, 5.41) is 1.76. The fourth-order valence-corrected chi connectivity index (χ4v) is 4.54. The molecule has 1 amide bonds. The molecule has 1 fully saturated rings. The van der Waals surface area contributed by atoms with Crippen LogP contribution in [-0.2, 0) is 16.1 Å². The van der Waals surface area contributed by atoms with E-state index in [1.807, 2.05) is 67.3 Å². The van der Waals surface area contributed by atoms with Crippen LogP contribution in [0.3, 0.4) is 0 Å². The van der Waals surface area contributed by atoms with Gasteiger partial charge in [-0.1, -0.05) is 36.4 Å². The number of hydrogen-bond donors (Lipinski definition) is 0. The molecule has 3 aromatic rings. The van der Waals surface area contributed by atoms with Gasteiger partial charge in [0, 0.05) is 22.4 Å². The van der Waals surface area contributed by atoms with Crippen molar-refractivity contribution in [2.24, 2.45) is 5.92 Å². The van der Waals surface area contributed by atoms with Gasteiger partial charge in [-0.3, -0.25) is 4.79 Å². The molecule has 0 aromatic heterocycles. The van der Waals surface area contributed by atoms with Crippen LogP contribution in [0.15, 0.2) is 54.6 Å². The summed E-state index contributed by atoms with van der Waals surface area (Å²) < 4.78 is 16.9. The lowest BCUT2D eigenvalue weighted by atomic mass is 9.99. The van der Waals surface area contributed by atoms with E-state index in [1.54, 1.807) is 19.2 Å². The SMILES string of the molecule is COC(=O)c1ccc2c(N(Cc3ccc4c(c3OC)OC(C)(C)C=C4)C(=O)C3CC3)cccc2c1. The third-order valence-electron chi connectivity index (χ3n) is 6.55. The molecule has 6 heteroatoms. The van der Waals surface area contributed by atoms with Gasteiger partial charge in [-0.2, -0.15) is 0 Å². The largest absolute Gasteiger partial charge is 0.492 e. The summed E-state index contributed by atoms with van der Waals surface area (Å²) in [6.07, 6.45) is 5.86. The van der Waals surface area contributed by atoms with Gasteiger partial charge in [0.15, 0.2) is 11.5 Å². The first-order valence-electron chi connectivity index (χ1n) is 11.8. The van der Waals surface area contributed by atoms with E-state index in [4.69, 9.17) is 14.2 Å². The number of ether oxygens (including phenoxy) is 3. The molecule has 0 N–H and O–H groups in total. The second-order valence-electron chi connectivity index (χ2n) is 9.62. The van der Waals surface area contributed by atoms with Gasteiger partial charge >= 0.3 is 5.97 Å². The van der Waals surface area contributed by atoms with Crippen LogP contribution in [0, 0.1) is 5.92 Å². The molecular formula is C29H29NO5. The van der Waals surface area contributed by atoms with E-state index in [1.165, 1.54) is 7.11 Å². The molecule has 6 nitrogen and oxygen atoms in total. The molecule has 180 valence electrons. The molecule has 5 rings (SSSR count). The van der Waals surface area contributed by atoms with Gasteiger partial charge in [-0.25, -0.2) is 4.79 Å². The number of benzene rings is 3. The summed E-state index contributed by atoms with van der Waals surface area (Å²) in [5.74, 6) is 1.06. The van der Waals surface area contributed by atoms with Crippen molar-refractivity contribution >= 4 is 34.4 Å². The highest BCUT2D eigenvalue weighted by Crippen LogP contribution is 2.43. The quantitative estimate of drug-likeness (QED) is 0.428. The summed E-state index contributed by atoms with van der Waals surface area (Å²) in [7, 11) is 3.00. The highest BCUT2D eigenvalue weighted by atomic mass is 16.5. The minimum Gasteiger partial charge on any atom is -0.492 e. The maximum Gasteiger partial charge on any atom is 0.337 e. The minimum absolute atomic E-state index is 0.0290. The predicted octanol–water partition coefficient (Wildman–Crippen LogP) is 5.76. The maximum atomic E-state index is 13.5. The monoisotopic (exact) mass is 471 g/mol. The fraction of sp³-hybridized carbons (Fsp3) is 0.310. The standard InChI is InChI=1S/C29H29NO5/c1-29(2)15-14-18-8-11-22(25(33-3)26(18)35-29)17-30(27(31)19-9-10-19)24-7-5-6-20-16-21(28(32)34-4)12-13-23(20)24/h5-8,11-16,19H,9-10,17H2,1-4H3. The molecule has 0 unspecified atom stereocenters. The normalized spacial score (nSPS) is 15.8. The van der Waals surface area contributed by atoms with Crippen molar-refractivity contribution in [3.8, 4) is 11.5 Å². The molecule has 0 radical (unpaired) electrons. The Morgan fingerprint density at radius 1 is 1.09 bits per heavy atom. The third kappa shape index (κ3) is 4.36. The average molecular weight is 472 g/mol. The molecule has 0 saturated heterocycles. The predicted molar refractivity (Wildman–Crippen MR) is 136 cm³/mol. The Kier molecular flexibility index (Phi) is 5.75. The van der Waals surface area contributed by atoms with Gasteiger partial charge in [0.1, 0.15) is 5.60 Å². The van der Waals surface area contributed by atoms with Crippen LogP contribution in [0.4, 0.5) is 5.69 Å². The van der Waals surface area contributed by atoms with Crippen LogP contribution >= 0.6 is 0 Å². The zero-order valence-electron chi connectivity index (χ0n) is 20.5. The molecular weight excluding hydrogens is 442 g/mol. The van der Waals surface area contributed by atoms with E-state index in [-0.39, 0.29) is 17.8 Å². The second kappa shape index (κ2) is 8.77. The Morgan fingerprint density at radius 3 is 2.60 bits per heavy atom. The zero-order chi connectivity index (χ0) is 24.7. The minimum atomic E-state index is -0.449. The fourth-order valence-electron chi connectivity index (χ4n) is 4.54. The van der Waals surface area contributed by atoms with E-state index in [2.05, 4.69) is 0 Å². The summed E-state index contributed by atoms with van der Waals surface area (Å²) >= 11 is 0. The molecule has 1 aliphatic heterocycles. The van der Waals surface area contributed by atoms with Crippen LogP contribution in [-0.4, -0.2) is 31.7 Å². The average Bonchev–Trinajstić information content (AvgIpc) is 3.70. The number of carbonyl (C=O) groups excluding carboxylic acids is 2. The smallest absolute Gasteiger partial charge is 0.337 e. The van der Waals surface area contributed by atoms with Crippen molar-refractivity contribution in [1.29, 1.82) is 0 Å². The lowest BCUT2D eigenvalue weighted by Crippen LogP contribution is -2.32. The van der Waals surface area contributed by atoms with E-state index in [0.29, 0.717) is 23.6 Å². The van der Waals surface area contributed by atoms with Crippen LogP contribution < -0.4 is 14.4 Å². The van der Waals surface area contributed by atoms with Crippen molar-refractivity contribution in [3.05, 3.63) is 71.3 Å². The van der Waals surface area contributed by atoms with Gasteiger partial charge in [0.05, 0.1) is 32.0 Å². The number of fused-ring (bicyclic) bond motifs is 2. The Morgan fingerprint density at radius 2 is 1.89 bits per heavy atom. The van der Waals surface area contributed by atoms with Gasteiger partial charge in [-0.15, -0.1) is 0 Å². The number of esters is 1. The Bertz CT molecular complexity index is 1350. The van der Waals surface area contributed by atoms with Crippen LogP contribution in [0.2, 0.25) is 0 Å². The van der Waals surface area contributed by atoms with Gasteiger partial charge in [-0.05, 0) is 56.4 Å². The molecule has 0 spiro atoms. The maximum absolute atomic E-state index is 13.5. The van der Waals surface area contributed by atoms with E-state index >= 15 is 0 Å². The Labute approximate surface area is 205 Å². The second-order valence-corrected chi connectivity index (χ2v) is 9.62. The van der Waals surface area contributed by atoms with Crippen molar-refractivity contribution in [1.82, 2.24) is 0 Å². The molecule has 2 aliphatic rings. The van der Waals surface area contributed by atoms with Gasteiger partial charge in [0.2, 0.25) is 5.91 Å². The number of rotatable bonds is 6. The number of amides is 1. The number of methoxy groups -OCH3 is 2. The number of hydrogen-bond acceptors (Lipinski definition) is 5. The first-order valence-corrected chi connectivity index (χ1v) is 11.8. The lowest BCUT2D eigenvalue weighted by Gasteiger charge is -2.31. The van der Waals surface area contributed by atoms with E-state index < -0.39 is 5.60 Å².